The van der Waals surface area contributed by atoms with Crippen molar-refractivity contribution in [1.29, 1.82) is 0 Å². The summed E-state index contributed by atoms with van der Waals surface area (Å²) >= 11 is 0. The monoisotopic (exact) mass is 430 g/mol. The number of amides is 1. The van der Waals surface area contributed by atoms with Gasteiger partial charge in [-0.1, -0.05) is 55.5 Å². The van der Waals surface area contributed by atoms with Crippen molar-refractivity contribution in [3.8, 4) is 5.69 Å². The number of carbonyl (C=O) groups excluding carboxylic acids is 1. The Balaban J connectivity index is 1.65. The normalized spacial score (nSPS) is 13.9. The molecule has 0 unspecified atom stereocenters. The SMILES string of the molecule is CCCN1CCc2c(c(CN(C(=O)Cc3ccccc3)C(C)C)nn2-c2ccccc2)C1. The highest BCUT2D eigenvalue weighted by atomic mass is 16.2. The lowest BCUT2D eigenvalue weighted by Gasteiger charge is -2.29. The Morgan fingerprint density at radius 3 is 2.41 bits per heavy atom. The van der Waals surface area contributed by atoms with E-state index in [0.29, 0.717) is 13.0 Å². The van der Waals surface area contributed by atoms with E-state index >= 15 is 0 Å². The van der Waals surface area contributed by atoms with Crippen LogP contribution in [0.3, 0.4) is 0 Å². The first kappa shape index (κ1) is 22.3. The molecule has 0 saturated carbocycles. The minimum absolute atomic E-state index is 0.110. The molecule has 0 N–H and O–H groups in total. The zero-order chi connectivity index (χ0) is 22.5. The number of benzene rings is 2. The maximum atomic E-state index is 13.3. The topological polar surface area (TPSA) is 41.4 Å². The predicted molar refractivity (Wildman–Crippen MR) is 129 cm³/mol. The van der Waals surface area contributed by atoms with E-state index in [1.807, 2.05) is 41.3 Å². The second-order valence-electron chi connectivity index (χ2n) is 8.92. The molecule has 168 valence electrons. The summed E-state index contributed by atoms with van der Waals surface area (Å²) in [6.07, 6.45) is 2.55. The van der Waals surface area contributed by atoms with Crippen LogP contribution in [0.1, 0.15) is 49.7 Å². The van der Waals surface area contributed by atoms with Gasteiger partial charge in [0.15, 0.2) is 0 Å². The molecule has 0 bridgehead atoms. The van der Waals surface area contributed by atoms with Gasteiger partial charge in [0.1, 0.15) is 0 Å². The van der Waals surface area contributed by atoms with Crippen LogP contribution in [0.25, 0.3) is 5.69 Å². The molecule has 1 aliphatic rings. The molecule has 0 spiro atoms. The van der Waals surface area contributed by atoms with Crippen molar-refractivity contribution >= 4 is 5.91 Å². The Labute approximate surface area is 191 Å². The highest BCUT2D eigenvalue weighted by Crippen LogP contribution is 2.27. The van der Waals surface area contributed by atoms with Crippen LogP contribution >= 0.6 is 0 Å². The van der Waals surface area contributed by atoms with Gasteiger partial charge < -0.3 is 4.90 Å². The number of carbonyl (C=O) groups is 1. The van der Waals surface area contributed by atoms with Gasteiger partial charge in [-0.05, 0) is 44.5 Å². The van der Waals surface area contributed by atoms with Crippen molar-refractivity contribution in [3.05, 3.63) is 83.2 Å². The lowest BCUT2D eigenvalue weighted by molar-refractivity contribution is -0.132. The summed E-state index contributed by atoms with van der Waals surface area (Å²) in [7, 11) is 0. The van der Waals surface area contributed by atoms with Crippen LogP contribution in [-0.2, 0) is 30.7 Å². The van der Waals surface area contributed by atoms with E-state index in [1.165, 1.54) is 11.3 Å². The fraction of sp³-hybridized carbons (Fsp3) is 0.407. The molecule has 2 aromatic carbocycles. The van der Waals surface area contributed by atoms with Crippen LogP contribution in [0.2, 0.25) is 0 Å². The van der Waals surface area contributed by atoms with Crippen molar-refractivity contribution in [2.45, 2.75) is 59.2 Å². The smallest absolute Gasteiger partial charge is 0.227 e. The molecule has 2 heterocycles. The van der Waals surface area contributed by atoms with Gasteiger partial charge in [0.25, 0.3) is 0 Å². The first-order chi connectivity index (χ1) is 15.6. The number of hydrogen-bond acceptors (Lipinski definition) is 3. The van der Waals surface area contributed by atoms with Crippen LogP contribution in [0.15, 0.2) is 60.7 Å². The Morgan fingerprint density at radius 1 is 1.06 bits per heavy atom. The van der Waals surface area contributed by atoms with Crippen LogP contribution < -0.4 is 0 Å². The largest absolute Gasteiger partial charge is 0.334 e. The van der Waals surface area contributed by atoms with Gasteiger partial charge in [0, 0.05) is 31.1 Å². The molecule has 32 heavy (non-hydrogen) atoms. The van der Waals surface area contributed by atoms with Crippen molar-refractivity contribution in [1.82, 2.24) is 19.6 Å². The molecule has 4 rings (SSSR count). The highest BCUT2D eigenvalue weighted by Gasteiger charge is 2.28. The second kappa shape index (κ2) is 10.1. The van der Waals surface area contributed by atoms with E-state index in [-0.39, 0.29) is 11.9 Å². The van der Waals surface area contributed by atoms with Gasteiger partial charge in [-0.3, -0.25) is 9.69 Å². The lowest BCUT2D eigenvalue weighted by Crippen LogP contribution is -2.38. The molecule has 0 fully saturated rings. The minimum Gasteiger partial charge on any atom is -0.334 e. The third kappa shape index (κ3) is 4.94. The molecule has 1 amide bonds. The van der Waals surface area contributed by atoms with Gasteiger partial charge in [-0.15, -0.1) is 0 Å². The van der Waals surface area contributed by atoms with E-state index in [2.05, 4.69) is 54.6 Å². The van der Waals surface area contributed by atoms with E-state index in [0.717, 1.165) is 49.4 Å². The molecular formula is C27H34N4O. The van der Waals surface area contributed by atoms with Crippen LogP contribution in [0.5, 0.6) is 0 Å². The van der Waals surface area contributed by atoms with Gasteiger partial charge in [0.05, 0.1) is 30.0 Å². The zero-order valence-corrected chi connectivity index (χ0v) is 19.5. The van der Waals surface area contributed by atoms with Crippen molar-refractivity contribution < 1.29 is 4.79 Å². The zero-order valence-electron chi connectivity index (χ0n) is 19.5. The van der Waals surface area contributed by atoms with Crippen molar-refractivity contribution in [2.75, 3.05) is 13.1 Å². The Kier molecular flexibility index (Phi) is 7.05. The Morgan fingerprint density at radius 2 is 1.75 bits per heavy atom. The maximum Gasteiger partial charge on any atom is 0.227 e. The molecule has 1 aliphatic heterocycles. The van der Waals surface area contributed by atoms with Gasteiger partial charge in [-0.25, -0.2) is 4.68 Å². The standard InChI is InChI=1S/C27H34N4O/c1-4-16-29-17-15-26-24(19-29)25(28-31(26)23-13-9-6-10-14-23)20-30(21(2)3)27(32)18-22-11-7-5-8-12-22/h5-14,21H,4,15-20H2,1-3H3. The molecule has 0 atom stereocenters. The molecule has 0 saturated heterocycles. The average Bonchev–Trinajstić information content (AvgIpc) is 3.16. The van der Waals surface area contributed by atoms with Crippen LogP contribution in [0, 0.1) is 0 Å². The third-order valence-electron chi connectivity index (χ3n) is 6.22. The first-order valence-corrected chi connectivity index (χ1v) is 11.8. The summed E-state index contributed by atoms with van der Waals surface area (Å²) in [6, 6.07) is 20.5. The number of fused-ring (bicyclic) bond motifs is 1. The third-order valence-corrected chi connectivity index (χ3v) is 6.22. The fourth-order valence-corrected chi connectivity index (χ4v) is 4.55. The van der Waals surface area contributed by atoms with Gasteiger partial charge >= 0.3 is 0 Å². The minimum atomic E-state index is 0.110. The molecular weight excluding hydrogens is 396 g/mol. The summed E-state index contributed by atoms with van der Waals surface area (Å²) in [5.74, 6) is 0.149. The summed E-state index contributed by atoms with van der Waals surface area (Å²) in [5, 5.41) is 5.06. The first-order valence-electron chi connectivity index (χ1n) is 11.8. The maximum absolute atomic E-state index is 13.3. The summed E-state index contributed by atoms with van der Waals surface area (Å²) < 4.78 is 2.11. The number of hydrogen-bond donors (Lipinski definition) is 0. The molecule has 5 nitrogen and oxygen atoms in total. The molecule has 1 aromatic heterocycles. The summed E-state index contributed by atoms with van der Waals surface area (Å²) in [6.45, 7) is 10.0. The molecule has 0 aliphatic carbocycles. The van der Waals surface area contributed by atoms with Gasteiger partial charge in [-0.2, -0.15) is 5.10 Å². The number of nitrogens with zero attached hydrogens (tertiary/aromatic N) is 4. The van der Waals surface area contributed by atoms with E-state index in [4.69, 9.17) is 5.10 Å². The van der Waals surface area contributed by atoms with Crippen molar-refractivity contribution in [2.24, 2.45) is 0 Å². The van der Waals surface area contributed by atoms with E-state index in [1.54, 1.807) is 0 Å². The number of rotatable bonds is 8. The van der Waals surface area contributed by atoms with Crippen LogP contribution in [0.4, 0.5) is 0 Å². The molecule has 5 heteroatoms. The van der Waals surface area contributed by atoms with Crippen molar-refractivity contribution in [3.63, 3.8) is 0 Å². The average molecular weight is 431 g/mol. The number of para-hydroxylation sites is 1. The summed E-state index contributed by atoms with van der Waals surface area (Å²) in [5.41, 5.74) is 5.75. The van der Waals surface area contributed by atoms with Crippen LogP contribution in [-0.4, -0.2) is 44.6 Å². The quantitative estimate of drug-likeness (QED) is 0.524. The fourth-order valence-electron chi connectivity index (χ4n) is 4.55. The second-order valence-corrected chi connectivity index (χ2v) is 8.92. The Hall–Kier alpha value is -2.92. The van der Waals surface area contributed by atoms with Gasteiger partial charge in [0.2, 0.25) is 5.91 Å². The summed E-state index contributed by atoms with van der Waals surface area (Å²) in [4.78, 5) is 17.7. The lowest BCUT2D eigenvalue weighted by atomic mass is 10.0. The predicted octanol–water partition coefficient (Wildman–Crippen LogP) is 4.62. The highest BCUT2D eigenvalue weighted by molar-refractivity contribution is 5.79. The number of aromatic nitrogens is 2. The van der Waals surface area contributed by atoms with E-state index in [9.17, 15) is 4.79 Å². The van der Waals surface area contributed by atoms with E-state index < -0.39 is 0 Å². The Bertz CT molecular complexity index is 1030. The molecule has 3 aromatic rings. The molecule has 0 radical (unpaired) electrons.